The Balaban J connectivity index is 1.79. The Labute approximate surface area is 153 Å². The lowest BCUT2D eigenvalue weighted by Crippen LogP contribution is -2.58. The van der Waals surface area contributed by atoms with Gasteiger partial charge in [0.05, 0.1) is 0 Å². The smallest absolute Gasteiger partial charge is 0.0283 e. The first-order valence-corrected chi connectivity index (χ1v) is 10.2. The van der Waals surface area contributed by atoms with Crippen molar-refractivity contribution in [2.75, 3.05) is 19.6 Å². The Morgan fingerprint density at radius 2 is 1.36 bits per heavy atom. The van der Waals surface area contributed by atoms with E-state index >= 15 is 0 Å². The molecule has 0 spiro atoms. The zero-order chi connectivity index (χ0) is 17.1. The highest BCUT2D eigenvalue weighted by atomic mass is 15.1. The fourth-order valence-electron chi connectivity index (χ4n) is 5.67. The molecule has 1 heteroatoms. The van der Waals surface area contributed by atoms with Crippen LogP contribution in [-0.4, -0.2) is 24.5 Å². The van der Waals surface area contributed by atoms with Crippen molar-refractivity contribution < 1.29 is 0 Å². The molecule has 4 rings (SSSR count). The molecule has 2 bridgehead atoms. The largest absolute Gasteiger partial charge is 0.303 e. The summed E-state index contributed by atoms with van der Waals surface area (Å²) in [6, 6.07) is 22.8. The Hall–Kier alpha value is -1.60. The van der Waals surface area contributed by atoms with E-state index in [1.807, 2.05) is 0 Å². The molecule has 2 unspecified atom stereocenters. The summed E-state index contributed by atoms with van der Waals surface area (Å²) in [6.45, 7) is 6.12. The molecule has 0 aromatic heterocycles. The van der Waals surface area contributed by atoms with Gasteiger partial charge in [-0.3, -0.25) is 0 Å². The maximum Gasteiger partial charge on any atom is 0.0283 e. The molecule has 1 aliphatic heterocycles. The van der Waals surface area contributed by atoms with Gasteiger partial charge in [-0.1, -0.05) is 80.4 Å². The summed E-state index contributed by atoms with van der Waals surface area (Å²) < 4.78 is 0. The van der Waals surface area contributed by atoms with Crippen LogP contribution in [0.25, 0.3) is 0 Å². The summed E-state index contributed by atoms with van der Waals surface area (Å²) in [4.78, 5) is 2.77. The highest BCUT2D eigenvalue weighted by Crippen LogP contribution is 2.54. The number of likely N-dealkylation sites (tertiary alicyclic amines) is 1. The number of unbranched alkanes of at least 4 members (excludes halogenated alkanes) is 1. The number of piperidine rings is 1. The van der Waals surface area contributed by atoms with Gasteiger partial charge >= 0.3 is 0 Å². The van der Waals surface area contributed by atoms with Gasteiger partial charge in [0.2, 0.25) is 0 Å². The molecule has 2 atom stereocenters. The average molecular weight is 334 g/mol. The van der Waals surface area contributed by atoms with E-state index in [9.17, 15) is 0 Å². The highest BCUT2D eigenvalue weighted by molar-refractivity contribution is 5.43. The van der Waals surface area contributed by atoms with Crippen LogP contribution in [0.3, 0.4) is 0 Å². The van der Waals surface area contributed by atoms with Crippen molar-refractivity contribution in [3.8, 4) is 0 Å². The monoisotopic (exact) mass is 333 g/mol. The van der Waals surface area contributed by atoms with Gasteiger partial charge in [-0.05, 0) is 48.8 Å². The van der Waals surface area contributed by atoms with E-state index < -0.39 is 0 Å². The Morgan fingerprint density at radius 3 is 1.84 bits per heavy atom. The second-order valence-corrected chi connectivity index (χ2v) is 8.04. The van der Waals surface area contributed by atoms with Crippen molar-refractivity contribution in [2.24, 2.45) is 11.8 Å². The quantitative estimate of drug-likeness (QED) is 0.698. The average Bonchev–Trinajstić information content (AvgIpc) is 2.67. The maximum atomic E-state index is 2.77. The van der Waals surface area contributed by atoms with Crippen molar-refractivity contribution in [1.29, 1.82) is 0 Å². The summed E-state index contributed by atoms with van der Waals surface area (Å²) >= 11 is 0. The van der Waals surface area contributed by atoms with Crippen molar-refractivity contribution in [3.63, 3.8) is 0 Å². The number of fused-ring (bicyclic) bond motifs is 2. The van der Waals surface area contributed by atoms with Crippen LogP contribution >= 0.6 is 0 Å². The molecule has 2 aromatic carbocycles. The number of hydrogen-bond donors (Lipinski definition) is 0. The summed E-state index contributed by atoms with van der Waals surface area (Å²) in [5.74, 6) is 1.48. The maximum absolute atomic E-state index is 2.77. The third-order valence-electron chi connectivity index (χ3n) is 6.68. The lowest BCUT2D eigenvalue weighted by molar-refractivity contribution is 0.0161. The fraction of sp³-hybridized carbons (Fsp3) is 0.500. The lowest BCUT2D eigenvalue weighted by atomic mass is 9.52. The SMILES string of the molecule is CCCCN1CC2CCCC(C1)C2(c1ccccc1)c1ccccc1. The van der Waals surface area contributed by atoms with Gasteiger partial charge < -0.3 is 4.90 Å². The molecule has 1 saturated carbocycles. The van der Waals surface area contributed by atoms with Crippen molar-refractivity contribution in [1.82, 2.24) is 4.90 Å². The van der Waals surface area contributed by atoms with E-state index in [0.717, 1.165) is 11.8 Å². The molecule has 0 amide bonds. The van der Waals surface area contributed by atoms with Crippen molar-refractivity contribution in [3.05, 3.63) is 71.8 Å². The standard InChI is InChI=1S/C24H31N/c1-2-3-17-25-18-22-15-10-16-23(19-25)24(22,20-11-6-4-7-12-20)21-13-8-5-9-14-21/h4-9,11-14,22-23H,2-3,10,15-19H2,1H3. The minimum Gasteiger partial charge on any atom is -0.303 e. The first-order chi connectivity index (χ1) is 12.4. The Bertz CT molecular complexity index is 608. The fourth-order valence-corrected chi connectivity index (χ4v) is 5.67. The van der Waals surface area contributed by atoms with E-state index in [1.54, 1.807) is 11.1 Å². The van der Waals surface area contributed by atoms with Crippen LogP contribution in [0, 0.1) is 11.8 Å². The minimum absolute atomic E-state index is 0.212. The summed E-state index contributed by atoms with van der Waals surface area (Å²) in [5, 5.41) is 0. The third-order valence-corrected chi connectivity index (χ3v) is 6.68. The molecule has 1 nitrogen and oxygen atoms in total. The number of nitrogens with zero attached hydrogens (tertiary/aromatic N) is 1. The molecule has 1 saturated heterocycles. The van der Waals surface area contributed by atoms with Crippen LogP contribution in [-0.2, 0) is 5.41 Å². The lowest BCUT2D eigenvalue weighted by Gasteiger charge is -2.57. The van der Waals surface area contributed by atoms with Crippen LogP contribution in [0.5, 0.6) is 0 Å². The molecular formula is C24H31N. The normalized spacial score (nSPS) is 25.6. The van der Waals surface area contributed by atoms with E-state index in [2.05, 4.69) is 72.5 Å². The number of benzene rings is 2. The number of rotatable bonds is 5. The predicted octanol–water partition coefficient (Wildman–Crippen LogP) is 5.50. The van der Waals surface area contributed by atoms with Gasteiger partial charge in [-0.15, -0.1) is 0 Å². The molecule has 2 aromatic rings. The van der Waals surface area contributed by atoms with Crippen LogP contribution in [0.15, 0.2) is 60.7 Å². The Kier molecular flexibility index (Phi) is 4.94. The topological polar surface area (TPSA) is 3.24 Å². The molecular weight excluding hydrogens is 302 g/mol. The van der Waals surface area contributed by atoms with Crippen LogP contribution in [0.1, 0.15) is 50.2 Å². The molecule has 0 N–H and O–H groups in total. The predicted molar refractivity (Wildman–Crippen MR) is 106 cm³/mol. The Morgan fingerprint density at radius 1 is 0.840 bits per heavy atom. The summed E-state index contributed by atoms with van der Waals surface area (Å²) in [7, 11) is 0. The molecule has 25 heavy (non-hydrogen) atoms. The molecule has 1 heterocycles. The van der Waals surface area contributed by atoms with E-state index in [4.69, 9.17) is 0 Å². The second-order valence-electron chi connectivity index (χ2n) is 8.04. The minimum atomic E-state index is 0.212. The highest BCUT2D eigenvalue weighted by Gasteiger charge is 2.53. The zero-order valence-electron chi connectivity index (χ0n) is 15.5. The van der Waals surface area contributed by atoms with E-state index in [-0.39, 0.29) is 5.41 Å². The van der Waals surface area contributed by atoms with Gasteiger partial charge in [0.1, 0.15) is 0 Å². The van der Waals surface area contributed by atoms with Crippen LogP contribution < -0.4 is 0 Å². The first kappa shape index (κ1) is 16.8. The van der Waals surface area contributed by atoms with Gasteiger partial charge in [0.25, 0.3) is 0 Å². The van der Waals surface area contributed by atoms with Gasteiger partial charge in [0.15, 0.2) is 0 Å². The molecule has 1 aliphatic carbocycles. The van der Waals surface area contributed by atoms with Gasteiger partial charge in [-0.2, -0.15) is 0 Å². The van der Waals surface area contributed by atoms with E-state index in [0.29, 0.717) is 0 Å². The van der Waals surface area contributed by atoms with Crippen molar-refractivity contribution >= 4 is 0 Å². The molecule has 0 radical (unpaired) electrons. The zero-order valence-corrected chi connectivity index (χ0v) is 15.5. The van der Waals surface area contributed by atoms with Gasteiger partial charge in [0, 0.05) is 18.5 Å². The summed E-state index contributed by atoms with van der Waals surface area (Å²) in [6.07, 6.45) is 6.77. The van der Waals surface area contributed by atoms with Crippen molar-refractivity contribution in [2.45, 2.75) is 44.4 Å². The first-order valence-electron chi connectivity index (χ1n) is 10.2. The number of hydrogen-bond acceptors (Lipinski definition) is 1. The molecule has 132 valence electrons. The molecule has 2 aliphatic rings. The van der Waals surface area contributed by atoms with E-state index in [1.165, 1.54) is 51.7 Å². The molecule has 2 fully saturated rings. The second kappa shape index (κ2) is 7.33. The van der Waals surface area contributed by atoms with Gasteiger partial charge in [-0.25, -0.2) is 0 Å². The van der Waals surface area contributed by atoms with Crippen LogP contribution in [0.4, 0.5) is 0 Å². The summed E-state index contributed by atoms with van der Waals surface area (Å²) in [5.41, 5.74) is 3.31. The van der Waals surface area contributed by atoms with Crippen LogP contribution in [0.2, 0.25) is 0 Å². The third kappa shape index (κ3) is 2.93.